The Hall–Kier alpha value is -1.40. The molecule has 0 fully saturated rings. The number of nitrogens with zero attached hydrogens (tertiary/aromatic N) is 2. The van der Waals surface area contributed by atoms with E-state index in [-0.39, 0.29) is 5.97 Å². The first-order chi connectivity index (χ1) is 8.68. The molecule has 6 heteroatoms. The van der Waals surface area contributed by atoms with Crippen LogP contribution in [0.5, 0.6) is 0 Å². The molecule has 6 nitrogen and oxygen atoms in total. The van der Waals surface area contributed by atoms with Gasteiger partial charge in [0, 0.05) is 18.4 Å². The summed E-state index contributed by atoms with van der Waals surface area (Å²) in [7, 11) is 3.97. The lowest BCUT2D eigenvalue weighted by molar-refractivity contribution is -0.145. The second-order valence-corrected chi connectivity index (χ2v) is 4.21. The molecule has 0 atom stereocenters. The quantitative estimate of drug-likeness (QED) is 0.513. The number of aromatic amines is 1. The molecule has 1 aromatic heterocycles. The Balaban J connectivity index is 1.94. The minimum atomic E-state index is -0.208. The van der Waals surface area contributed by atoms with Gasteiger partial charge in [-0.2, -0.15) is 0 Å². The van der Waals surface area contributed by atoms with E-state index in [4.69, 9.17) is 9.47 Å². The fraction of sp³-hybridized carbons (Fsp3) is 0.667. The number of hydrogen-bond donors (Lipinski definition) is 1. The Labute approximate surface area is 107 Å². The van der Waals surface area contributed by atoms with Crippen molar-refractivity contribution >= 4 is 5.97 Å². The van der Waals surface area contributed by atoms with Crippen molar-refractivity contribution in [3.8, 4) is 0 Å². The number of rotatable bonds is 9. The molecular weight excluding hydrogens is 234 g/mol. The van der Waals surface area contributed by atoms with Crippen LogP contribution >= 0.6 is 0 Å². The lowest BCUT2D eigenvalue weighted by Crippen LogP contribution is -2.19. The van der Waals surface area contributed by atoms with Crippen molar-refractivity contribution < 1.29 is 14.3 Å². The Kier molecular flexibility index (Phi) is 7.05. The van der Waals surface area contributed by atoms with Gasteiger partial charge in [-0.05, 0) is 20.5 Å². The van der Waals surface area contributed by atoms with Crippen molar-refractivity contribution in [2.45, 2.75) is 12.8 Å². The summed E-state index contributed by atoms with van der Waals surface area (Å²) in [5, 5.41) is 0. The lowest BCUT2D eigenvalue weighted by Gasteiger charge is -2.09. The van der Waals surface area contributed by atoms with Gasteiger partial charge in [-0.3, -0.25) is 4.79 Å². The Bertz CT molecular complexity index is 325. The molecule has 1 N–H and O–H groups in total. The summed E-state index contributed by atoms with van der Waals surface area (Å²) >= 11 is 0. The molecule has 18 heavy (non-hydrogen) atoms. The molecule has 1 heterocycles. The van der Waals surface area contributed by atoms with Crippen molar-refractivity contribution in [1.82, 2.24) is 14.9 Å². The van der Waals surface area contributed by atoms with Crippen LogP contribution in [0.4, 0.5) is 0 Å². The monoisotopic (exact) mass is 255 g/mol. The summed E-state index contributed by atoms with van der Waals surface area (Å²) in [4.78, 5) is 20.2. The number of esters is 1. The third-order valence-corrected chi connectivity index (χ3v) is 2.33. The summed E-state index contributed by atoms with van der Waals surface area (Å²) < 4.78 is 10.3. The van der Waals surface area contributed by atoms with E-state index in [9.17, 15) is 4.79 Å². The number of aryl methyl sites for hydroxylation is 1. The van der Waals surface area contributed by atoms with Crippen molar-refractivity contribution in [1.29, 1.82) is 0 Å². The van der Waals surface area contributed by atoms with Crippen LogP contribution in [-0.4, -0.2) is 61.3 Å². The van der Waals surface area contributed by atoms with Crippen LogP contribution < -0.4 is 0 Å². The number of hydrogen-bond acceptors (Lipinski definition) is 5. The zero-order valence-corrected chi connectivity index (χ0v) is 11.0. The molecule has 1 rings (SSSR count). The van der Waals surface area contributed by atoms with Crippen molar-refractivity contribution in [2.75, 3.05) is 40.5 Å². The Morgan fingerprint density at radius 3 is 2.89 bits per heavy atom. The number of H-pyrrole nitrogens is 1. The molecular formula is C12H21N3O3. The highest BCUT2D eigenvalue weighted by Crippen LogP contribution is 1.98. The zero-order valence-electron chi connectivity index (χ0n) is 11.0. The lowest BCUT2D eigenvalue weighted by atomic mass is 10.2. The fourth-order valence-electron chi connectivity index (χ4n) is 1.29. The average molecular weight is 255 g/mol. The molecule has 0 spiro atoms. The normalized spacial score (nSPS) is 10.8. The molecule has 0 aromatic carbocycles. The Morgan fingerprint density at radius 2 is 2.22 bits per heavy atom. The number of imidazole rings is 1. The van der Waals surface area contributed by atoms with Gasteiger partial charge in [-0.1, -0.05) is 0 Å². The van der Waals surface area contributed by atoms with Crippen LogP contribution in [0.25, 0.3) is 0 Å². The van der Waals surface area contributed by atoms with Gasteiger partial charge in [0.05, 0.1) is 26.0 Å². The molecule has 0 bridgehead atoms. The van der Waals surface area contributed by atoms with Crippen LogP contribution in [0.1, 0.15) is 12.1 Å². The van der Waals surface area contributed by atoms with E-state index >= 15 is 0 Å². The molecule has 1 aromatic rings. The number of ether oxygens (including phenoxy) is 2. The van der Waals surface area contributed by atoms with Crippen molar-refractivity contribution in [3.63, 3.8) is 0 Å². The van der Waals surface area contributed by atoms with Crippen LogP contribution in [-0.2, 0) is 20.7 Å². The first kappa shape index (κ1) is 14.7. The van der Waals surface area contributed by atoms with Gasteiger partial charge in [0.15, 0.2) is 0 Å². The zero-order chi connectivity index (χ0) is 13.2. The number of carbonyl (C=O) groups excluding carboxylic acids is 1. The molecule has 0 aliphatic heterocycles. The SMILES string of the molecule is CN(C)CCOCCOC(=O)CCc1cnc[nH]1. The van der Waals surface area contributed by atoms with Gasteiger partial charge in [0.25, 0.3) is 0 Å². The van der Waals surface area contributed by atoms with Gasteiger partial charge in [0.2, 0.25) is 0 Å². The van der Waals surface area contributed by atoms with E-state index < -0.39 is 0 Å². The van der Waals surface area contributed by atoms with E-state index in [0.29, 0.717) is 32.7 Å². The average Bonchev–Trinajstić information content (AvgIpc) is 2.83. The first-order valence-electron chi connectivity index (χ1n) is 6.04. The van der Waals surface area contributed by atoms with E-state index in [1.54, 1.807) is 12.5 Å². The highest BCUT2D eigenvalue weighted by atomic mass is 16.6. The number of carbonyl (C=O) groups is 1. The van der Waals surface area contributed by atoms with Crippen LogP contribution in [0, 0.1) is 0 Å². The molecule has 0 radical (unpaired) electrons. The smallest absolute Gasteiger partial charge is 0.306 e. The van der Waals surface area contributed by atoms with Gasteiger partial charge in [-0.15, -0.1) is 0 Å². The standard InChI is InChI=1S/C12H21N3O3/c1-15(2)5-6-17-7-8-18-12(16)4-3-11-9-13-10-14-11/h9-10H,3-8H2,1-2H3,(H,13,14). The summed E-state index contributed by atoms with van der Waals surface area (Å²) in [5.74, 6) is -0.208. The second kappa shape index (κ2) is 8.66. The highest BCUT2D eigenvalue weighted by Gasteiger charge is 2.04. The molecule has 102 valence electrons. The van der Waals surface area contributed by atoms with E-state index in [2.05, 4.69) is 9.97 Å². The maximum Gasteiger partial charge on any atom is 0.306 e. The number of aromatic nitrogens is 2. The van der Waals surface area contributed by atoms with Crippen LogP contribution in [0.2, 0.25) is 0 Å². The fourth-order valence-corrected chi connectivity index (χ4v) is 1.29. The minimum Gasteiger partial charge on any atom is -0.463 e. The largest absolute Gasteiger partial charge is 0.463 e. The van der Waals surface area contributed by atoms with E-state index in [0.717, 1.165) is 12.2 Å². The third-order valence-electron chi connectivity index (χ3n) is 2.33. The van der Waals surface area contributed by atoms with Gasteiger partial charge in [0.1, 0.15) is 6.61 Å². The predicted molar refractivity (Wildman–Crippen MR) is 67.2 cm³/mol. The van der Waals surface area contributed by atoms with Crippen molar-refractivity contribution in [3.05, 3.63) is 18.2 Å². The minimum absolute atomic E-state index is 0.208. The second-order valence-electron chi connectivity index (χ2n) is 4.21. The highest BCUT2D eigenvalue weighted by molar-refractivity contribution is 5.69. The van der Waals surface area contributed by atoms with Crippen LogP contribution in [0.15, 0.2) is 12.5 Å². The van der Waals surface area contributed by atoms with Crippen LogP contribution in [0.3, 0.4) is 0 Å². The van der Waals surface area contributed by atoms with Gasteiger partial charge >= 0.3 is 5.97 Å². The maximum atomic E-state index is 11.4. The molecule has 0 amide bonds. The van der Waals surface area contributed by atoms with Crippen molar-refractivity contribution in [2.24, 2.45) is 0 Å². The number of nitrogens with one attached hydrogen (secondary N) is 1. The van der Waals surface area contributed by atoms with Gasteiger partial charge in [-0.25, -0.2) is 4.98 Å². The van der Waals surface area contributed by atoms with E-state index in [1.807, 2.05) is 19.0 Å². The molecule has 0 unspecified atom stereocenters. The topological polar surface area (TPSA) is 67.5 Å². The first-order valence-corrected chi connectivity index (χ1v) is 6.04. The summed E-state index contributed by atoms with van der Waals surface area (Å²) in [6, 6.07) is 0. The maximum absolute atomic E-state index is 11.4. The molecule has 0 aliphatic rings. The summed E-state index contributed by atoms with van der Waals surface area (Å²) in [6.45, 7) is 2.28. The number of likely N-dealkylation sites (N-methyl/N-ethyl adjacent to an activating group) is 1. The molecule has 0 saturated carbocycles. The predicted octanol–water partition coefficient (Wildman–Crippen LogP) is 0.464. The van der Waals surface area contributed by atoms with Gasteiger partial charge < -0.3 is 19.4 Å². The molecule has 0 aliphatic carbocycles. The Morgan fingerprint density at radius 1 is 1.39 bits per heavy atom. The summed E-state index contributed by atoms with van der Waals surface area (Å²) in [6.07, 6.45) is 4.29. The third kappa shape index (κ3) is 7.03. The van der Waals surface area contributed by atoms with E-state index in [1.165, 1.54) is 0 Å². The molecule has 0 saturated heterocycles. The summed E-state index contributed by atoms with van der Waals surface area (Å²) in [5.41, 5.74) is 0.939.